The Morgan fingerprint density at radius 1 is 1.43 bits per heavy atom. The number of carboxylic acid groups (broad SMARTS) is 1. The van der Waals surface area contributed by atoms with Crippen molar-refractivity contribution in [3.05, 3.63) is 45.2 Å². The van der Waals surface area contributed by atoms with Crippen LogP contribution in [-0.2, 0) is 0 Å². The van der Waals surface area contributed by atoms with Gasteiger partial charge in [-0.25, -0.2) is 13.6 Å². The molecule has 1 aromatic heterocycles. The summed E-state index contributed by atoms with van der Waals surface area (Å²) in [5.74, 6) is -4.12. The van der Waals surface area contributed by atoms with Crippen molar-refractivity contribution in [2.24, 2.45) is 0 Å². The summed E-state index contributed by atoms with van der Waals surface area (Å²) < 4.78 is 28.7. The van der Waals surface area contributed by atoms with E-state index in [0.29, 0.717) is 6.07 Å². The van der Waals surface area contributed by atoms with Crippen molar-refractivity contribution in [3.8, 4) is 6.07 Å². The number of hydrogen-bond acceptors (Lipinski definition) is 3. The van der Waals surface area contributed by atoms with Crippen LogP contribution in [0.2, 0.25) is 0 Å². The second-order valence-electron chi connectivity index (χ2n) is 4.87. The molecule has 1 N–H and O–H groups in total. The molecule has 1 fully saturated rings. The zero-order chi connectivity index (χ0) is 15.3. The molecule has 0 bridgehead atoms. The number of pyridine rings is 1. The molecule has 2 aromatic rings. The number of halogens is 2. The fourth-order valence-electron chi connectivity index (χ4n) is 2.36. The van der Waals surface area contributed by atoms with Gasteiger partial charge in [0.2, 0.25) is 5.43 Å². The number of nitrogens with zero attached hydrogens (tertiary/aromatic N) is 2. The van der Waals surface area contributed by atoms with Gasteiger partial charge >= 0.3 is 5.97 Å². The Bertz CT molecular complexity index is 892. The fourth-order valence-corrected chi connectivity index (χ4v) is 2.36. The van der Waals surface area contributed by atoms with Crippen molar-refractivity contribution in [1.82, 2.24) is 4.57 Å². The molecule has 1 aliphatic carbocycles. The standard InChI is InChI=1S/C14H8F2N2O3/c15-10-3-7-12(8(4-17)11(10)16)18(6-1-2-6)5-9(13(7)19)14(20)21/h3,5-6H,1-2H2,(H,20,21). The maximum atomic E-state index is 13.8. The van der Waals surface area contributed by atoms with Crippen LogP contribution < -0.4 is 5.43 Å². The van der Waals surface area contributed by atoms with Crippen LogP contribution in [0.25, 0.3) is 10.9 Å². The average molecular weight is 290 g/mol. The molecule has 106 valence electrons. The number of benzene rings is 1. The lowest BCUT2D eigenvalue weighted by atomic mass is 10.1. The first-order chi connectivity index (χ1) is 9.95. The van der Waals surface area contributed by atoms with Crippen LogP contribution in [0, 0.1) is 23.0 Å². The van der Waals surface area contributed by atoms with Gasteiger partial charge in [-0.2, -0.15) is 5.26 Å². The Balaban J connectivity index is 2.56. The van der Waals surface area contributed by atoms with Gasteiger partial charge in [-0.3, -0.25) is 4.79 Å². The molecule has 0 radical (unpaired) electrons. The first kappa shape index (κ1) is 13.2. The summed E-state index contributed by atoms with van der Waals surface area (Å²) in [5.41, 5.74) is -2.08. The Morgan fingerprint density at radius 3 is 2.62 bits per heavy atom. The number of carboxylic acids is 1. The Hall–Kier alpha value is -2.75. The van der Waals surface area contributed by atoms with E-state index in [9.17, 15) is 18.4 Å². The molecule has 7 heteroatoms. The maximum Gasteiger partial charge on any atom is 0.341 e. The smallest absolute Gasteiger partial charge is 0.341 e. The van der Waals surface area contributed by atoms with Crippen molar-refractivity contribution in [2.75, 3.05) is 0 Å². The van der Waals surface area contributed by atoms with Crippen molar-refractivity contribution < 1.29 is 18.7 Å². The minimum atomic E-state index is -1.44. The lowest BCUT2D eigenvalue weighted by molar-refractivity contribution is 0.0695. The molecule has 0 amide bonds. The Kier molecular flexibility index (Phi) is 2.76. The molecule has 0 spiro atoms. The lowest BCUT2D eigenvalue weighted by Gasteiger charge is -2.13. The van der Waals surface area contributed by atoms with Gasteiger partial charge in [0.1, 0.15) is 17.2 Å². The van der Waals surface area contributed by atoms with Gasteiger partial charge in [0.25, 0.3) is 0 Å². The number of rotatable bonds is 2. The molecule has 0 atom stereocenters. The zero-order valence-electron chi connectivity index (χ0n) is 10.6. The number of hydrogen-bond donors (Lipinski definition) is 1. The minimum absolute atomic E-state index is 0.0473. The maximum absolute atomic E-state index is 13.8. The van der Waals surface area contributed by atoms with Crippen molar-refractivity contribution >= 4 is 16.9 Å². The summed E-state index contributed by atoms with van der Waals surface area (Å²) in [5, 5.41) is 17.8. The van der Waals surface area contributed by atoms with E-state index in [4.69, 9.17) is 10.4 Å². The summed E-state index contributed by atoms with van der Waals surface area (Å²) in [6.45, 7) is 0. The molecule has 1 aliphatic rings. The van der Waals surface area contributed by atoms with Crippen molar-refractivity contribution in [1.29, 1.82) is 5.26 Å². The minimum Gasteiger partial charge on any atom is -0.477 e. The van der Waals surface area contributed by atoms with Gasteiger partial charge in [0, 0.05) is 12.2 Å². The third-order valence-corrected chi connectivity index (χ3v) is 3.49. The SMILES string of the molecule is N#Cc1c(F)c(F)cc2c(=O)c(C(=O)O)cn(C3CC3)c12. The van der Waals surface area contributed by atoms with E-state index < -0.39 is 34.2 Å². The molecule has 3 rings (SSSR count). The largest absolute Gasteiger partial charge is 0.477 e. The summed E-state index contributed by atoms with van der Waals surface area (Å²) in [7, 11) is 0. The van der Waals surface area contributed by atoms with Crippen molar-refractivity contribution in [2.45, 2.75) is 18.9 Å². The number of carbonyl (C=O) groups is 1. The summed E-state index contributed by atoms with van der Waals surface area (Å²) in [4.78, 5) is 23.2. The van der Waals surface area contributed by atoms with Crippen LogP contribution in [0.15, 0.2) is 17.1 Å². The molecule has 0 aliphatic heterocycles. The van der Waals surface area contributed by atoms with Crippen LogP contribution in [0.3, 0.4) is 0 Å². The van der Waals surface area contributed by atoms with Gasteiger partial charge in [-0.15, -0.1) is 0 Å². The highest BCUT2D eigenvalue weighted by Crippen LogP contribution is 2.38. The van der Waals surface area contributed by atoms with Crippen LogP contribution in [-0.4, -0.2) is 15.6 Å². The van der Waals surface area contributed by atoms with E-state index in [1.165, 1.54) is 4.57 Å². The Labute approximate surface area is 116 Å². The highest BCUT2D eigenvalue weighted by Gasteiger charge is 2.29. The summed E-state index contributed by atoms with van der Waals surface area (Å²) >= 11 is 0. The molecule has 21 heavy (non-hydrogen) atoms. The van der Waals surface area contributed by atoms with E-state index in [0.717, 1.165) is 19.0 Å². The second kappa shape index (κ2) is 4.38. The summed E-state index contributed by atoms with van der Waals surface area (Å²) in [6.07, 6.45) is 2.55. The van der Waals surface area contributed by atoms with E-state index >= 15 is 0 Å². The number of nitriles is 1. The third kappa shape index (κ3) is 1.88. The Morgan fingerprint density at radius 2 is 2.10 bits per heavy atom. The number of aromatic nitrogens is 1. The molecule has 1 saturated carbocycles. The molecule has 1 aromatic carbocycles. The van der Waals surface area contributed by atoms with Gasteiger partial charge in [0.15, 0.2) is 11.6 Å². The number of aromatic carboxylic acids is 1. The van der Waals surface area contributed by atoms with Gasteiger partial charge in [-0.05, 0) is 18.9 Å². The quantitative estimate of drug-likeness (QED) is 0.919. The first-order valence-corrected chi connectivity index (χ1v) is 6.16. The van der Waals surface area contributed by atoms with Crippen molar-refractivity contribution in [3.63, 3.8) is 0 Å². The average Bonchev–Trinajstić information content (AvgIpc) is 3.26. The fraction of sp³-hybridized carbons (Fsp3) is 0.214. The van der Waals surface area contributed by atoms with Crippen LogP contribution in [0.4, 0.5) is 8.78 Å². The molecular formula is C14H8F2N2O3. The molecule has 1 heterocycles. The second-order valence-corrected chi connectivity index (χ2v) is 4.87. The predicted molar refractivity (Wildman–Crippen MR) is 68.1 cm³/mol. The molecule has 5 nitrogen and oxygen atoms in total. The number of fused-ring (bicyclic) bond motifs is 1. The lowest BCUT2D eigenvalue weighted by Crippen LogP contribution is -2.20. The third-order valence-electron chi connectivity index (χ3n) is 3.49. The highest BCUT2D eigenvalue weighted by atomic mass is 19.2. The normalized spacial score (nSPS) is 14.1. The van der Waals surface area contributed by atoms with Crippen LogP contribution in [0.1, 0.15) is 34.8 Å². The monoisotopic (exact) mass is 290 g/mol. The van der Waals surface area contributed by atoms with E-state index in [1.54, 1.807) is 6.07 Å². The van der Waals surface area contributed by atoms with E-state index in [2.05, 4.69) is 0 Å². The van der Waals surface area contributed by atoms with Gasteiger partial charge in [-0.1, -0.05) is 0 Å². The topological polar surface area (TPSA) is 83.1 Å². The molecule has 0 saturated heterocycles. The zero-order valence-corrected chi connectivity index (χ0v) is 10.6. The van der Waals surface area contributed by atoms with Gasteiger partial charge < -0.3 is 9.67 Å². The summed E-state index contributed by atoms with van der Waals surface area (Å²) in [6, 6.07) is 2.10. The highest BCUT2D eigenvalue weighted by molar-refractivity contribution is 5.94. The van der Waals surface area contributed by atoms with Gasteiger partial charge in [0.05, 0.1) is 10.9 Å². The van der Waals surface area contributed by atoms with E-state index in [-0.39, 0.29) is 16.9 Å². The molecule has 0 unspecified atom stereocenters. The van der Waals surface area contributed by atoms with Crippen LogP contribution in [0.5, 0.6) is 0 Å². The predicted octanol–water partition coefficient (Wildman–Crippen LogP) is 2.18. The first-order valence-electron chi connectivity index (χ1n) is 6.16. The molecular weight excluding hydrogens is 282 g/mol. The van der Waals surface area contributed by atoms with Crippen LogP contribution >= 0.6 is 0 Å². The van der Waals surface area contributed by atoms with E-state index in [1.807, 2.05) is 0 Å².